The molecule has 0 spiro atoms. The molecule has 2 amide bonds. The molecule has 1 atom stereocenters. The zero-order valence-electron chi connectivity index (χ0n) is 10.4. The van der Waals surface area contributed by atoms with Crippen molar-refractivity contribution in [2.75, 3.05) is 5.32 Å². The van der Waals surface area contributed by atoms with E-state index in [9.17, 15) is 4.79 Å². The van der Waals surface area contributed by atoms with Crippen LogP contribution in [-0.4, -0.2) is 11.0 Å². The van der Waals surface area contributed by atoms with E-state index < -0.39 is 0 Å². The molecule has 2 aromatic rings. The fourth-order valence-electron chi connectivity index (χ4n) is 2.48. The number of nitrogens with zero attached hydrogens (tertiary/aromatic N) is 1. The number of fused-ring (bicyclic) bond motifs is 1. The van der Waals surface area contributed by atoms with Gasteiger partial charge in [-0.25, -0.2) is 9.78 Å². The van der Waals surface area contributed by atoms with E-state index in [1.165, 1.54) is 22.5 Å². The molecule has 0 bridgehead atoms. The van der Waals surface area contributed by atoms with Gasteiger partial charge in [0.15, 0.2) is 5.13 Å². The minimum atomic E-state index is -0.184. The van der Waals surface area contributed by atoms with Crippen molar-refractivity contribution in [3.63, 3.8) is 0 Å². The summed E-state index contributed by atoms with van der Waals surface area (Å²) in [5, 5.41) is 8.25. The Bertz CT molecular complexity index is 568. The Morgan fingerprint density at radius 3 is 3.11 bits per heavy atom. The molecule has 1 aromatic heterocycles. The molecule has 1 aliphatic rings. The summed E-state index contributed by atoms with van der Waals surface area (Å²) in [6, 6.07) is 8.24. The summed E-state index contributed by atoms with van der Waals surface area (Å²) >= 11 is 1.42. The number of hydrogen-bond donors (Lipinski definition) is 2. The van der Waals surface area contributed by atoms with Crippen LogP contribution in [0.1, 0.15) is 30.0 Å². The van der Waals surface area contributed by atoms with E-state index in [1.807, 2.05) is 11.4 Å². The van der Waals surface area contributed by atoms with E-state index in [4.69, 9.17) is 0 Å². The highest BCUT2D eigenvalue weighted by Gasteiger charge is 2.21. The summed E-state index contributed by atoms with van der Waals surface area (Å²) < 4.78 is 0. The van der Waals surface area contributed by atoms with E-state index in [-0.39, 0.29) is 12.1 Å². The topological polar surface area (TPSA) is 54.0 Å². The van der Waals surface area contributed by atoms with Crippen molar-refractivity contribution in [3.8, 4) is 0 Å². The van der Waals surface area contributed by atoms with Crippen molar-refractivity contribution in [3.05, 3.63) is 47.0 Å². The van der Waals surface area contributed by atoms with Crippen molar-refractivity contribution in [1.82, 2.24) is 10.3 Å². The van der Waals surface area contributed by atoms with Gasteiger partial charge in [-0.1, -0.05) is 24.3 Å². The smallest absolute Gasteiger partial charge is 0.321 e. The van der Waals surface area contributed by atoms with Crippen LogP contribution in [0, 0.1) is 0 Å². The molecule has 1 aliphatic carbocycles. The van der Waals surface area contributed by atoms with Gasteiger partial charge >= 0.3 is 6.03 Å². The minimum absolute atomic E-state index is 0.102. The third kappa shape index (κ3) is 2.76. The Morgan fingerprint density at radius 2 is 2.26 bits per heavy atom. The number of aryl methyl sites for hydroxylation is 1. The van der Waals surface area contributed by atoms with Crippen LogP contribution in [0.3, 0.4) is 0 Å². The van der Waals surface area contributed by atoms with E-state index in [0.29, 0.717) is 5.13 Å². The predicted molar refractivity (Wildman–Crippen MR) is 76.4 cm³/mol. The Kier molecular flexibility index (Phi) is 3.46. The number of carbonyl (C=O) groups excluding carboxylic acids is 1. The fraction of sp³-hybridized carbons (Fsp3) is 0.286. The van der Waals surface area contributed by atoms with Crippen molar-refractivity contribution < 1.29 is 4.79 Å². The molecule has 0 saturated heterocycles. The van der Waals surface area contributed by atoms with Crippen LogP contribution in [0.25, 0.3) is 0 Å². The van der Waals surface area contributed by atoms with Gasteiger partial charge in [0.05, 0.1) is 6.04 Å². The molecule has 1 heterocycles. The lowest BCUT2D eigenvalue weighted by molar-refractivity contribution is 0.247. The summed E-state index contributed by atoms with van der Waals surface area (Å²) in [6.07, 6.45) is 4.88. The zero-order chi connectivity index (χ0) is 13.1. The molecule has 3 rings (SSSR count). The highest BCUT2D eigenvalue weighted by molar-refractivity contribution is 7.13. The third-order valence-electron chi connectivity index (χ3n) is 3.33. The van der Waals surface area contributed by atoms with Gasteiger partial charge in [-0.3, -0.25) is 5.32 Å². The molecule has 0 saturated carbocycles. The number of hydrogen-bond acceptors (Lipinski definition) is 3. The monoisotopic (exact) mass is 273 g/mol. The molecule has 1 unspecified atom stereocenters. The summed E-state index contributed by atoms with van der Waals surface area (Å²) in [5.74, 6) is 0. The van der Waals surface area contributed by atoms with Crippen LogP contribution in [-0.2, 0) is 6.42 Å². The van der Waals surface area contributed by atoms with Crippen LogP contribution in [0.4, 0.5) is 9.93 Å². The van der Waals surface area contributed by atoms with Crippen molar-refractivity contribution in [1.29, 1.82) is 0 Å². The van der Waals surface area contributed by atoms with E-state index >= 15 is 0 Å². The van der Waals surface area contributed by atoms with E-state index in [1.54, 1.807) is 6.20 Å². The van der Waals surface area contributed by atoms with Crippen LogP contribution in [0.5, 0.6) is 0 Å². The average Bonchev–Trinajstić information content (AvgIpc) is 2.92. The normalized spacial score (nSPS) is 17.6. The number of amides is 2. The quantitative estimate of drug-likeness (QED) is 0.881. The van der Waals surface area contributed by atoms with Crippen molar-refractivity contribution >= 4 is 22.5 Å². The second kappa shape index (κ2) is 5.40. The number of carbonyl (C=O) groups is 1. The summed E-state index contributed by atoms with van der Waals surface area (Å²) in [6.45, 7) is 0. The second-order valence-corrected chi connectivity index (χ2v) is 5.47. The molecule has 2 N–H and O–H groups in total. The molecule has 19 heavy (non-hydrogen) atoms. The molecule has 0 aliphatic heterocycles. The molecular formula is C14H15N3OS. The van der Waals surface area contributed by atoms with E-state index in [2.05, 4.69) is 33.8 Å². The SMILES string of the molecule is O=C(Nc1nccs1)NC1CCCc2ccccc21. The maximum Gasteiger partial charge on any atom is 0.321 e. The summed E-state index contributed by atoms with van der Waals surface area (Å²) in [5.41, 5.74) is 2.58. The lowest BCUT2D eigenvalue weighted by Gasteiger charge is -2.26. The largest absolute Gasteiger partial charge is 0.331 e. The van der Waals surface area contributed by atoms with Gasteiger partial charge < -0.3 is 5.32 Å². The molecule has 1 aromatic carbocycles. The van der Waals surface area contributed by atoms with Crippen LogP contribution in [0.2, 0.25) is 0 Å². The number of thiazole rings is 1. The standard InChI is InChI=1S/C14H15N3OS/c18-13(17-14-15-8-9-19-14)16-12-7-3-5-10-4-1-2-6-11(10)12/h1-2,4,6,8-9,12H,3,5,7H2,(H2,15,16,17,18). The third-order valence-corrected chi connectivity index (χ3v) is 4.02. The van der Waals surface area contributed by atoms with Crippen molar-refractivity contribution in [2.45, 2.75) is 25.3 Å². The predicted octanol–water partition coefficient (Wildman–Crippen LogP) is 3.34. The van der Waals surface area contributed by atoms with Gasteiger partial charge in [-0.15, -0.1) is 11.3 Å². The van der Waals surface area contributed by atoms with Gasteiger partial charge in [0.1, 0.15) is 0 Å². The van der Waals surface area contributed by atoms with Crippen molar-refractivity contribution in [2.24, 2.45) is 0 Å². The number of aromatic nitrogens is 1. The maximum absolute atomic E-state index is 11.9. The average molecular weight is 273 g/mol. The molecule has 4 nitrogen and oxygen atoms in total. The highest BCUT2D eigenvalue weighted by Crippen LogP contribution is 2.29. The molecule has 98 valence electrons. The Labute approximate surface area is 115 Å². The highest BCUT2D eigenvalue weighted by atomic mass is 32.1. The Morgan fingerprint density at radius 1 is 1.37 bits per heavy atom. The summed E-state index contributed by atoms with van der Waals surface area (Å²) in [7, 11) is 0. The van der Waals surface area contributed by atoms with Crippen LogP contribution in [0.15, 0.2) is 35.8 Å². The molecule has 5 heteroatoms. The minimum Gasteiger partial charge on any atom is -0.331 e. The van der Waals surface area contributed by atoms with E-state index in [0.717, 1.165) is 19.3 Å². The number of anilines is 1. The number of nitrogens with one attached hydrogen (secondary N) is 2. The zero-order valence-corrected chi connectivity index (χ0v) is 11.2. The lowest BCUT2D eigenvalue weighted by atomic mass is 9.88. The number of rotatable bonds is 2. The van der Waals surface area contributed by atoms with Gasteiger partial charge in [0.25, 0.3) is 0 Å². The first-order valence-electron chi connectivity index (χ1n) is 6.38. The first-order chi connectivity index (χ1) is 9.33. The first kappa shape index (κ1) is 12.2. The fourth-order valence-corrected chi connectivity index (χ4v) is 3.00. The van der Waals surface area contributed by atoms with Gasteiger partial charge in [0, 0.05) is 11.6 Å². The summed E-state index contributed by atoms with van der Waals surface area (Å²) in [4.78, 5) is 16.0. The number of benzene rings is 1. The van der Waals surface area contributed by atoms with Crippen LogP contribution >= 0.6 is 11.3 Å². The lowest BCUT2D eigenvalue weighted by Crippen LogP contribution is -2.34. The molecule has 0 fully saturated rings. The van der Waals surface area contributed by atoms with Gasteiger partial charge in [-0.2, -0.15) is 0 Å². The Hall–Kier alpha value is -1.88. The van der Waals surface area contributed by atoms with Crippen LogP contribution < -0.4 is 10.6 Å². The Balaban J connectivity index is 1.69. The van der Waals surface area contributed by atoms with Gasteiger partial charge in [0.2, 0.25) is 0 Å². The number of urea groups is 1. The maximum atomic E-state index is 11.9. The molecular weight excluding hydrogens is 258 g/mol. The van der Waals surface area contributed by atoms with Gasteiger partial charge in [-0.05, 0) is 30.4 Å². The second-order valence-electron chi connectivity index (χ2n) is 4.58. The first-order valence-corrected chi connectivity index (χ1v) is 7.26. The molecule has 0 radical (unpaired) electrons.